The van der Waals surface area contributed by atoms with Crippen LogP contribution in [0.5, 0.6) is 11.5 Å². The van der Waals surface area contributed by atoms with Gasteiger partial charge < -0.3 is 24.8 Å². The van der Waals surface area contributed by atoms with Gasteiger partial charge in [0.2, 0.25) is 0 Å². The molecule has 2 rings (SSSR count). The standard InChI is InChI=1S/C20H25F2N3O3.HI/c1-23-20(24-9-12-28-19-8-7-15(21)13-18(19)22)25-16-5-3-6-17(14-16)27-11-4-10-26-2;/h3,5-8,13-14H,4,9-12H2,1-2H3,(H2,23,24,25);1H. The van der Waals surface area contributed by atoms with Crippen molar-refractivity contribution in [1.82, 2.24) is 5.32 Å². The van der Waals surface area contributed by atoms with Gasteiger partial charge in [-0.1, -0.05) is 6.07 Å². The number of nitrogens with one attached hydrogen (secondary N) is 2. The first-order chi connectivity index (χ1) is 13.6. The normalized spacial score (nSPS) is 10.8. The molecule has 0 saturated carbocycles. The Morgan fingerprint density at radius 1 is 1.03 bits per heavy atom. The predicted molar refractivity (Wildman–Crippen MR) is 121 cm³/mol. The minimum absolute atomic E-state index is 0. The lowest BCUT2D eigenvalue weighted by molar-refractivity contribution is 0.172. The van der Waals surface area contributed by atoms with Gasteiger partial charge in [0.1, 0.15) is 18.2 Å². The topological polar surface area (TPSA) is 64.1 Å². The molecule has 0 aromatic heterocycles. The molecule has 0 amide bonds. The van der Waals surface area contributed by atoms with Crippen LogP contribution in [0, 0.1) is 11.6 Å². The van der Waals surface area contributed by atoms with E-state index in [0.29, 0.717) is 25.7 Å². The fourth-order valence-corrected chi connectivity index (χ4v) is 2.30. The quantitative estimate of drug-likeness (QED) is 0.214. The molecule has 0 bridgehead atoms. The van der Waals surface area contributed by atoms with E-state index in [0.717, 1.165) is 30.0 Å². The average molecular weight is 521 g/mol. The zero-order chi connectivity index (χ0) is 20.2. The third-order valence-corrected chi connectivity index (χ3v) is 3.63. The molecule has 9 heteroatoms. The Bertz CT molecular complexity index is 778. The first kappa shape index (κ1) is 24.9. The molecule has 2 aromatic rings. The van der Waals surface area contributed by atoms with Crippen molar-refractivity contribution in [3.63, 3.8) is 0 Å². The van der Waals surface area contributed by atoms with Crippen molar-refractivity contribution in [3.8, 4) is 11.5 Å². The molecule has 6 nitrogen and oxygen atoms in total. The van der Waals surface area contributed by atoms with Crippen LogP contribution in [0.2, 0.25) is 0 Å². The summed E-state index contributed by atoms with van der Waals surface area (Å²) < 4.78 is 42.4. The van der Waals surface area contributed by atoms with Gasteiger partial charge in [-0.25, -0.2) is 8.78 Å². The summed E-state index contributed by atoms with van der Waals surface area (Å²) in [5.41, 5.74) is 0.808. The molecule has 0 radical (unpaired) electrons. The number of anilines is 1. The van der Waals surface area contributed by atoms with E-state index in [-0.39, 0.29) is 36.3 Å². The average Bonchev–Trinajstić information content (AvgIpc) is 2.69. The molecule has 0 aliphatic heterocycles. The smallest absolute Gasteiger partial charge is 0.195 e. The van der Waals surface area contributed by atoms with E-state index in [2.05, 4.69) is 15.6 Å². The molecule has 160 valence electrons. The van der Waals surface area contributed by atoms with Crippen molar-refractivity contribution in [2.24, 2.45) is 4.99 Å². The Morgan fingerprint density at radius 2 is 1.86 bits per heavy atom. The SMILES string of the molecule is CN=C(NCCOc1ccc(F)cc1F)Nc1cccc(OCCCOC)c1.I. The van der Waals surface area contributed by atoms with Crippen molar-refractivity contribution in [2.75, 3.05) is 45.8 Å². The number of halogens is 3. The fourth-order valence-electron chi connectivity index (χ4n) is 2.30. The number of hydrogen-bond acceptors (Lipinski definition) is 4. The maximum atomic E-state index is 13.5. The van der Waals surface area contributed by atoms with E-state index in [9.17, 15) is 8.78 Å². The van der Waals surface area contributed by atoms with Crippen molar-refractivity contribution in [2.45, 2.75) is 6.42 Å². The molecule has 2 N–H and O–H groups in total. The first-order valence-electron chi connectivity index (χ1n) is 8.89. The summed E-state index contributed by atoms with van der Waals surface area (Å²) >= 11 is 0. The Labute approximate surface area is 186 Å². The van der Waals surface area contributed by atoms with Crippen LogP contribution in [0.15, 0.2) is 47.5 Å². The van der Waals surface area contributed by atoms with Gasteiger partial charge in [-0.05, 0) is 24.3 Å². The molecule has 0 fully saturated rings. The minimum atomic E-state index is -0.732. The van der Waals surface area contributed by atoms with Crippen LogP contribution >= 0.6 is 24.0 Å². The van der Waals surface area contributed by atoms with Gasteiger partial charge in [-0.15, -0.1) is 24.0 Å². The molecule has 0 saturated heterocycles. The van der Waals surface area contributed by atoms with E-state index in [1.807, 2.05) is 24.3 Å². The van der Waals surface area contributed by atoms with E-state index in [4.69, 9.17) is 14.2 Å². The van der Waals surface area contributed by atoms with Gasteiger partial charge in [0, 0.05) is 45.0 Å². The summed E-state index contributed by atoms with van der Waals surface area (Å²) in [4.78, 5) is 4.13. The molecule has 0 atom stereocenters. The summed E-state index contributed by atoms with van der Waals surface area (Å²) in [7, 11) is 3.30. The Hall–Kier alpha value is -2.14. The highest BCUT2D eigenvalue weighted by Crippen LogP contribution is 2.18. The third-order valence-electron chi connectivity index (χ3n) is 3.63. The van der Waals surface area contributed by atoms with Gasteiger partial charge >= 0.3 is 0 Å². The molecular formula is C20H26F2IN3O3. The van der Waals surface area contributed by atoms with Crippen LogP contribution in [0.4, 0.5) is 14.5 Å². The van der Waals surface area contributed by atoms with Gasteiger partial charge in [0.15, 0.2) is 17.5 Å². The summed E-state index contributed by atoms with van der Waals surface area (Å²) in [5, 5.41) is 6.20. The van der Waals surface area contributed by atoms with E-state index in [1.54, 1.807) is 14.2 Å². The molecule has 0 unspecified atom stereocenters. The van der Waals surface area contributed by atoms with Gasteiger partial charge in [-0.2, -0.15) is 0 Å². The summed E-state index contributed by atoms with van der Waals surface area (Å²) in [5.74, 6) is -0.0989. The number of nitrogens with zero attached hydrogens (tertiary/aromatic N) is 1. The maximum Gasteiger partial charge on any atom is 0.195 e. The number of ether oxygens (including phenoxy) is 3. The number of aliphatic imine (C=N–C) groups is 1. The summed E-state index contributed by atoms with van der Waals surface area (Å²) in [6, 6.07) is 10.7. The minimum Gasteiger partial charge on any atom is -0.493 e. The maximum absolute atomic E-state index is 13.5. The van der Waals surface area contributed by atoms with Crippen LogP contribution in [0.3, 0.4) is 0 Å². The molecular weight excluding hydrogens is 495 g/mol. The molecule has 0 spiro atoms. The zero-order valence-electron chi connectivity index (χ0n) is 16.4. The second-order valence-electron chi connectivity index (χ2n) is 5.77. The van der Waals surface area contributed by atoms with Crippen LogP contribution < -0.4 is 20.1 Å². The Morgan fingerprint density at radius 3 is 2.59 bits per heavy atom. The van der Waals surface area contributed by atoms with Crippen LogP contribution in [0.1, 0.15) is 6.42 Å². The highest BCUT2D eigenvalue weighted by atomic mass is 127. The highest BCUT2D eigenvalue weighted by Gasteiger charge is 2.05. The van der Waals surface area contributed by atoms with Crippen molar-refractivity contribution in [3.05, 3.63) is 54.1 Å². The second kappa shape index (κ2) is 13.9. The van der Waals surface area contributed by atoms with Gasteiger partial charge in [0.05, 0.1) is 13.2 Å². The predicted octanol–water partition coefficient (Wildman–Crippen LogP) is 4.06. The molecule has 29 heavy (non-hydrogen) atoms. The molecule has 2 aromatic carbocycles. The molecule has 0 heterocycles. The number of methoxy groups -OCH3 is 1. The second-order valence-corrected chi connectivity index (χ2v) is 5.77. The number of benzene rings is 2. The lowest BCUT2D eigenvalue weighted by atomic mass is 10.3. The van der Waals surface area contributed by atoms with Gasteiger partial charge in [-0.3, -0.25) is 4.99 Å². The largest absolute Gasteiger partial charge is 0.493 e. The Balaban J connectivity index is 0.00000420. The van der Waals surface area contributed by atoms with Crippen LogP contribution in [-0.2, 0) is 4.74 Å². The van der Waals surface area contributed by atoms with E-state index >= 15 is 0 Å². The number of rotatable bonds is 10. The summed E-state index contributed by atoms with van der Waals surface area (Å²) in [6.45, 7) is 1.79. The number of hydrogen-bond donors (Lipinski definition) is 2. The van der Waals surface area contributed by atoms with Crippen LogP contribution in [0.25, 0.3) is 0 Å². The van der Waals surface area contributed by atoms with Crippen molar-refractivity contribution >= 4 is 35.6 Å². The van der Waals surface area contributed by atoms with E-state index < -0.39 is 11.6 Å². The lowest BCUT2D eigenvalue weighted by Gasteiger charge is -2.14. The monoisotopic (exact) mass is 521 g/mol. The van der Waals surface area contributed by atoms with Crippen molar-refractivity contribution in [1.29, 1.82) is 0 Å². The first-order valence-corrected chi connectivity index (χ1v) is 8.89. The van der Waals surface area contributed by atoms with Crippen LogP contribution in [-0.4, -0.2) is 46.5 Å². The third kappa shape index (κ3) is 9.27. The molecule has 0 aliphatic rings. The lowest BCUT2D eigenvalue weighted by Crippen LogP contribution is -2.33. The Kier molecular flexibility index (Phi) is 12.0. The fraction of sp³-hybridized carbons (Fsp3) is 0.350. The number of guanidine groups is 1. The highest BCUT2D eigenvalue weighted by molar-refractivity contribution is 14.0. The van der Waals surface area contributed by atoms with Gasteiger partial charge in [0.25, 0.3) is 0 Å². The molecule has 0 aliphatic carbocycles. The summed E-state index contributed by atoms with van der Waals surface area (Å²) in [6.07, 6.45) is 0.812. The zero-order valence-corrected chi connectivity index (χ0v) is 18.7. The van der Waals surface area contributed by atoms with E-state index in [1.165, 1.54) is 6.07 Å². The van der Waals surface area contributed by atoms with Crippen molar-refractivity contribution < 1.29 is 23.0 Å².